The van der Waals surface area contributed by atoms with Gasteiger partial charge in [0.2, 0.25) is 21.8 Å². The van der Waals surface area contributed by atoms with Gasteiger partial charge in [0.15, 0.2) is 0 Å². The summed E-state index contributed by atoms with van der Waals surface area (Å²) >= 11 is 12.2. The Hall–Kier alpha value is -2.29. The number of carbonyl (C=O) groups is 2. The largest absolute Gasteiger partial charge is 0.354 e. The Balaban J connectivity index is 2.22. The SMILES string of the molecule is Cc1cccc(N(CCCC(=O)N(Cc2ccc(Cl)c(Cl)c2)[C@H](C)C(=O)NCC(C)C)S(C)(=O)=O)c1C. The van der Waals surface area contributed by atoms with Crippen LogP contribution >= 0.6 is 23.2 Å². The summed E-state index contributed by atoms with van der Waals surface area (Å²) < 4.78 is 26.5. The minimum Gasteiger partial charge on any atom is -0.354 e. The summed E-state index contributed by atoms with van der Waals surface area (Å²) in [5.74, 6) is -0.245. The second kappa shape index (κ2) is 13.5. The Morgan fingerprint density at radius 2 is 1.70 bits per heavy atom. The highest BCUT2D eigenvalue weighted by molar-refractivity contribution is 7.92. The molecule has 0 aliphatic heterocycles. The van der Waals surface area contributed by atoms with E-state index in [-0.39, 0.29) is 43.7 Å². The lowest BCUT2D eigenvalue weighted by Gasteiger charge is -2.30. The highest BCUT2D eigenvalue weighted by atomic mass is 35.5. The first-order chi connectivity index (χ1) is 17.2. The fraction of sp³-hybridized carbons (Fsp3) is 0.481. The molecule has 2 amide bonds. The quantitative estimate of drug-likeness (QED) is 0.373. The third kappa shape index (κ3) is 8.90. The van der Waals surface area contributed by atoms with Gasteiger partial charge >= 0.3 is 0 Å². The Morgan fingerprint density at radius 3 is 2.30 bits per heavy atom. The van der Waals surface area contributed by atoms with Gasteiger partial charge in [-0.25, -0.2) is 8.42 Å². The van der Waals surface area contributed by atoms with Crippen molar-refractivity contribution >= 4 is 50.7 Å². The molecule has 1 atom stereocenters. The Labute approximate surface area is 231 Å². The molecule has 0 aliphatic rings. The topological polar surface area (TPSA) is 86.8 Å². The molecule has 2 aromatic carbocycles. The number of sulfonamides is 1. The summed E-state index contributed by atoms with van der Waals surface area (Å²) in [6.07, 6.45) is 1.52. The van der Waals surface area contributed by atoms with Crippen molar-refractivity contribution < 1.29 is 18.0 Å². The van der Waals surface area contributed by atoms with Crippen molar-refractivity contribution in [3.8, 4) is 0 Å². The number of benzene rings is 2. The van der Waals surface area contributed by atoms with Crippen molar-refractivity contribution in [3.63, 3.8) is 0 Å². The molecule has 0 fully saturated rings. The van der Waals surface area contributed by atoms with Gasteiger partial charge in [-0.1, -0.05) is 55.2 Å². The van der Waals surface area contributed by atoms with Gasteiger partial charge < -0.3 is 10.2 Å². The van der Waals surface area contributed by atoms with Crippen LogP contribution in [0, 0.1) is 19.8 Å². The number of aryl methyl sites for hydroxylation is 1. The van der Waals surface area contributed by atoms with Crippen LogP contribution in [-0.4, -0.2) is 50.5 Å². The number of carbonyl (C=O) groups excluding carboxylic acids is 2. The molecular formula is C27H37Cl2N3O4S. The number of rotatable bonds is 12. The highest BCUT2D eigenvalue weighted by Crippen LogP contribution is 2.26. The van der Waals surface area contributed by atoms with E-state index in [2.05, 4.69) is 5.32 Å². The van der Waals surface area contributed by atoms with Crippen molar-refractivity contribution in [1.82, 2.24) is 10.2 Å². The van der Waals surface area contributed by atoms with Gasteiger partial charge in [-0.3, -0.25) is 13.9 Å². The first kappa shape index (κ1) is 30.9. The summed E-state index contributed by atoms with van der Waals surface area (Å²) in [6.45, 7) is 10.3. The van der Waals surface area contributed by atoms with Crippen molar-refractivity contribution in [2.45, 2.75) is 60.0 Å². The predicted octanol–water partition coefficient (Wildman–Crippen LogP) is 5.35. The number of nitrogens with zero attached hydrogens (tertiary/aromatic N) is 2. The lowest BCUT2D eigenvalue weighted by atomic mass is 10.1. The van der Waals surface area contributed by atoms with E-state index in [4.69, 9.17) is 23.2 Å². The highest BCUT2D eigenvalue weighted by Gasteiger charge is 2.27. The van der Waals surface area contributed by atoms with Crippen LogP contribution in [0.2, 0.25) is 10.0 Å². The van der Waals surface area contributed by atoms with E-state index >= 15 is 0 Å². The minimum absolute atomic E-state index is 0.0695. The van der Waals surface area contributed by atoms with Crippen LogP contribution in [0.5, 0.6) is 0 Å². The molecule has 7 nitrogen and oxygen atoms in total. The molecule has 2 rings (SSSR count). The van der Waals surface area contributed by atoms with Gasteiger partial charge in [-0.05, 0) is 68.0 Å². The van der Waals surface area contributed by atoms with Gasteiger partial charge in [-0.2, -0.15) is 0 Å². The maximum atomic E-state index is 13.4. The molecule has 0 spiro atoms. The number of amides is 2. The summed E-state index contributed by atoms with van der Waals surface area (Å²) in [7, 11) is -3.56. The van der Waals surface area contributed by atoms with Crippen molar-refractivity contribution in [1.29, 1.82) is 0 Å². The molecule has 37 heavy (non-hydrogen) atoms. The van der Waals surface area contributed by atoms with Crippen LogP contribution in [0.15, 0.2) is 36.4 Å². The Kier molecular flexibility index (Phi) is 11.3. The second-order valence-electron chi connectivity index (χ2n) is 9.74. The summed E-state index contributed by atoms with van der Waals surface area (Å²) in [4.78, 5) is 27.7. The summed E-state index contributed by atoms with van der Waals surface area (Å²) in [6, 6.07) is 9.87. The molecule has 0 aromatic heterocycles. The minimum atomic E-state index is -3.56. The number of hydrogen-bond acceptors (Lipinski definition) is 4. The second-order valence-corrected chi connectivity index (χ2v) is 12.5. The van der Waals surface area contributed by atoms with Gasteiger partial charge in [0, 0.05) is 26.1 Å². The first-order valence-electron chi connectivity index (χ1n) is 12.3. The van der Waals surface area contributed by atoms with E-state index in [9.17, 15) is 18.0 Å². The zero-order valence-electron chi connectivity index (χ0n) is 22.3. The maximum Gasteiger partial charge on any atom is 0.242 e. The lowest BCUT2D eigenvalue weighted by Crippen LogP contribution is -2.48. The van der Waals surface area contributed by atoms with Crippen LogP contribution in [0.3, 0.4) is 0 Å². The molecular weight excluding hydrogens is 533 g/mol. The van der Waals surface area contributed by atoms with Gasteiger partial charge in [-0.15, -0.1) is 0 Å². The van der Waals surface area contributed by atoms with Crippen molar-refractivity contribution in [2.24, 2.45) is 5.92 Å². The fourth-order valence-corrected chi connectivity index (χ4v) is 5.19. The summed E-state index contributed by atoms with van der Waals surface area (Å²) in [5, 5.41) is 3.65. The third-order valence-corrected chi connectivity index (χ3v) is 8.10. The molecule has 0 saturated heterocycles. The molecule has 0 radical (unpaired) electrons. The van der Waals surface area contributed by atoms with Crippen molar-refractivity contribution in [3.05, 3.63) is 63.1 Å². The number of nitrogens with one attached hydrogen (secondary N) is 1. The average Bonchev–Trinajstić information content (AvgIpc) is 2.81. The number of anilines is 1. The zero-order chi connectivity index (χ0) is 27.9. The lowest BCUT2D eigenvalue weighted by molar-refractivity contribution is -0.140. The molecule has 10 heteroatoms. The smallest absolute Gasteiger partial charge is 0.242 e. The van der Waals surface area contributed by atoms with E-state index in [1.54, 1.807) is 31.2 Å². The van der Waals surface area contributed by atoms with E-state index in [0.29, 0.717) is 22.3 Å². The molecule has 0 aliphatic carbocycles. The molecule has 2 aromatic rings. The van der Waals surface area contributed by atoms with Gasteiger partial charge in [0.25, 0.3) is 0 Å². The van der Waals surface area contributed by atoms with Crippen LogP contribution in [0.25, 0.3) is 0 Å². The van der Waals surface area contributed by atoms with E-state index in [0.717, 1.165) is 22.9 Å². The third-order valence-electron chi connectivity index (χ3n) is 6.19. The van der Waals surface area contributed by atoms with Gasteiger partial charge in [0.05, 0.1) is 22.0 Å². The maximum absolute atomic E-state index is 13.4. The van der Waals surface area contributed by atoms with Crippen LogP contribution in [0.4, 0.5) is 5.69 Å². The average molecular weight is 571 g/mol. The molecule has 0 bridgehead atoms. The van der Waals surface area contributed by atoms with Gasteiger partial charge in [0.1, 0.15) is 6.04 Å². The Bertz CT molecular complexity index is 1220. The Morgan fingerprint density at radius 1 is 1.03 bits per heavy atom. The standard InChI is InChI=1S/C27H37Cl2N3O4S/c1-18(2)16-30-27(34)21(5)31(17-22-12-13-23(28)24(29)15-22)26(33)11-8-14-32(37(6,35)36)25-10-7-9-19(3)20(25)4/h7,9-10,12-13,15,18,21H,8,11,14,16-17H2,1-6H3,(H,30,34)/t21-/m1/s1. The summed E-state index contributed by atoms with van der Waals surface area (Å²) in [5.41, 5.74) is 3.19. The fourth-order valence-electron chi connectivity index (χ4n) is 3.86. The number of halogens is 2. The zero-order valence-corrected chi connectivity index (χ0v) is 24.7. The monoisotopic (exact) mass is 569 g/mol. The number of hydrogen-bond donors (Lipinski definition) is 1. The first-order valence-corrected chi connectivity index (χ1v) is 14.9. The molecule has 1 N–H and O–H groups in total. The van der Waals surface area contributed by atoms with Crippen molar-refractivity contribution in [2.75, 3.05) is 23.7 Å². The van der Waals surface area contributed by atoms with Crippen LogP contribution < -0.4 is 9.62 Å². The van der Waals surface area contributed by atoms with Crippen LogP contribution in [-0.2, 0) is 26.2 Å². The molecule has 204 valence electrons. The molecule has 0 heterocycles. The predicted molar refractivity (Wildman–Crippen MR) is 152 cm³/mol. The normalized spacial score (nSPS) is 12.4. The molecule has 0 unspecified atom stereocenters. The van der Waals surface area contributed by atoms with E-state index in [1.807, 2.05) is 39.8 Å². The molecule has 0 saturated carbocycles. The van der Waals surface area contributed by atoms with E-state index in [1.165, 1.54) is 9.21 Å². The van der Waals surface area contributed by atoms with Crippen LogP contribution in [0.1, 0.15) is 50.3 Å². The van der Waals surface area contributed by atoms with E-state index < -0.39 is 16.1 Å².